The van der Waals surface area contributed by atoms with E-state index in [-0.39, 0.29) is 11.9 Å². The molecule has 1 unspecified atom stereocenters. The van der Waals surface area contributed by atoms with Crippen LogP contribution in [0.1, 0.15) is 31.7 Å². The fourth-order valence-electron chi connectivity index (χ4n) is 2.27. The number of nitrogens with one attached hydrogen (secondary N) is 1. The molecule has 0 spiro atoms. The zero-order chi connectivity index (χ0) is 12.1. The maximum absolute atomic E-state index is 13.4. The second-order valence-corrected chi connectivity index (χ2v) is 4.74. The van der Waals surface area contributed by atoms with Crippen LogP contribution < -0.4 is 5.32 Å². The minimum atomic E-state index is -0.182. The first kappa shape index (κ1) is 12.5. The molecule has 17 heavy (non-hydrogen) atoms. The Labute approximate surface area is 102 Å². The molecule has 2 rings (SSSR count). The Kier molecular flexibility index (Phi) is 4.51. The highest BCUT2D eigenvalue weighted by Crippen LogP contribution is 2.15. The normalized spacial score (nSPS) is 21.6. The molecule has 1 aliphatic heterocycles. The van der Waals surface area contributed by atoms with Crippen molar-refractivity contribution in [2.45, 2.75) is 44.9 Å². The van der Waals surface area contributed by atoms with Crippen molar-refractivity contribution in [3.8, 4) is 0 Å². The lowest BCUT2D eigenvalue weighted by Crippen LogP contribution is -2.26. The van der Waals surface area contributed by atoms with E-state index in [0.717, 1.165) is 13.0 Å². The molecule has 1 fully saturated rings. The van der Waals surface area contributed by atoms with Gasteiger partial charge in [-0.15, -0.1) is 0 Å². The number of hydrogen-bond acceptors (Lipinski definition) is 2. The van der Waals surface area contributed by atoms with Crippen molar-refractivity contribution in [3.63, 3.8) is 0 Å². The van der Waals surface area contributed by atoms with Crippen molar-refractivity contribution >= 4 is 0 Å². The second kappa shape index (κ2) is 6.12. The van der Waals surface area contributed by atoms with Gasteiger partial charge in [-0.05, 0) is 38.8 Å². The summed E-state index contributed by atoms with van der Waals surface area (Å²) in [6.07, 6.45) is 3.66. The summed E-state index contributed by atoms with van der Waals surface area (Å²) >= 11 is 0. The first-order chi connectivity index (χ1) is 8.25. The quantitative estimate of drug-likeness (QED) is 0.850. The van der Waals surface area contributed by atoms with E-state index < -0.39 is 0 Å². The summed E-state index contributed by atoms with van der Waals surface area (Å²) in [5, 5.41) is 3.44. The van der Waals surface area contributed by atoms with E-state index in [2.05, 4.69) is 12.2 Å². The molecule has 0 aliphatic carbocycles. The lowest BCUT2D eigenvalue weighted by molar-refractivity contribution is 0.0405. The third-order valence-electron chi connectivity index (χ3n) is 3.26. The van der Waals surface area contributed by atoms with E-state index in [1.807, 2.05) is 6.07 Å². The Bertz CT molecular complexity index is 350. The molecule has 1 saturated heterocycles. The third-order valence-corrected chi connectivity index (χ3v) is 3.26. The maximum Gasteiger partial charge on any atom is 0.128 e. The lowest BCUT2D eigenvalue weighted by Gasteiger charge is -2.17. The molecule has 1 aliphatic rings. The second-order valence-electron chi connectivity index (χ2n) is 4.74. The van der Waals surface area contributed by atoms with Crippen LogP contribution in [0, 0.1) is 5.82 Å². The van der Waals surface area contributed by atoms with E-state index in [9.17, 15) is 4.39 Å². The van der Waals surface area contributed by atoms with Crippen LogP contribution in [-0.2, 0) is 11.3 Å². The van der Waals surface area contributed by atoms with E-state index >= 15 is 0 Å². The molecular formula is C14H20FNO. The topological polar surface area (TPSA) is 21.3 Å². The first-order valence-corrected chi connectivity index (χ1v) is 6.34. The Hall–Kier alpha value is -0.930. The Morgan fingerprint density at radius 2 is 2.29 bits per heavy atom. The van der Waals surface area contributed by atoms with Gasteiger partial charge in [0.1, 0.15) is 5.82 Å². The van der Waals surface area contributed by atoms with Gasteiger partial charge in [-0.3, -0.25) is 0 Å². The zero-order valence-corrected chi connectivity index (χ0v) is 10.3. The Balaban J connectivity index is 1.75. The van der Waals surface area contributed by atoms with Gasteiger partial charge in [-0.2, -0.15) is 0 Å². The van der Waals surface area contributed by atoms with Gasteiger partial charge in [0.25, 0.3) is 0 Å². The minimum absolute atomic E-state index is 0.171. The van der Waals surface area contributed by atoms with E-state index in [4.69, 9.17) is 4.74 Å². The largest absolute Gasteiger partial charge is 0.374 e. The molecule has 1 N–H and O–H groups in total. The summed E-state index contributed by atoms with van der Waals surface area (Å²) in [7, 11) is 0. The number of rotatable bonds is 5. The molecule has 1 heterocycles. The molecule has 0 amide bonds. The van der Waals surface area contributed by atoms with E-state index in [1.54, 1.807) is 12.1 Å². The van der Waals surface area contributed by atoms with Crippen LogP contribution in [0.5, 0.6) is 0 Å². The summed E-state index contributed by atoms with van der Waals surface area (Å²) in [4.78, 5) is 0. The number of hydrogen-bond donors (Lipinski definition) is 1. The van der Waals surface area contributed by atoms with Crippen LogP contribution in [0.3, 0.4) is 0 Å². The molecule has 1 aromatic carbocycles. The molecule has 3 heteroatoms. The molecule has 0 radical (unpaired) electrons. The van der Waals surface area contributed by atoms with Crippen molar-refractivity contribution in [2.24, 2.45) is 0 Å². The molecule has 2 atom stereocenters. The summed E-state index contributed by atoms with van der Waals surface area (Å²) in [5.74, 6) is -0.182. The minimum Gasteiger partial charge on any atom is -0.374 e. The Morgan fingerprint density at radius 1 is 1.47 bits per heavy atom. The highest BCUT2D eigenvalue weighted by Gasteiger charge is 2.17. The predicted octanol–water partition coefficient (Wildman–Crippen LogP) is 2.87. The lowest BCUT2D eigenvalue weighted by atomic mass is 10.1. The van der Waals surface area contributed by atoms with Crippen LogP contribution in [0.2, 0.25) is 0 Å². The average Bonchev–Trinajstić information content (AvgIpc) is 2.81. The van der Waals surface area contributed by atoms with Gasteiger partial charge in [-0.1, -0.05) is 18.2 Å². The van der Waals surface area contributed by atoms with Crippen molar-refractivity contribution in [3.05, 3.63) is 35.6 Å². The zero-order valence-electron chi connectivity index (χ0n) is 10.3. The van der Waals surface area contributed by atoms with Gasteiger partial charge in [0.05, 0.1) is 12.7 Å². The SMILES string of the molecule is CC(C[C@@H]1CCCN1)OCc1ccccc1F. The number of halogens is 1. The van der Waals surface area contributed by atoms with Crippen LogP contribution in [0.4, 0.5) is 4.39 Å². The monoisotopic (exact) mass is 237 g/mol. The Morgan fingerprint density at radius 3 is 3.00 bits per heavy atom. The smallest absolute Gasteiger partial charge is 0.128 e. The molecule has 2 nitrogen and oxygen atoms in total. The number of ether oxygens (including phenoxy) is 1. The van der Waals surface area contributed by atoms with Gasteiger partial charge in [0, 0.05) is 11.6 Å². The van der Waals surface area contributed by atoms with Crippen LogP contribution >= 0.6 is 0 Å². The first-order valence-electron chi connectivity index (χ1n) is 6.34. The molecular weight excluding hydrogens is 217 g/mol. The van der Waals surface area contributed by atoms with Gasteiger partial charge < -0.3 is 10.1 Å². The van der Waals surface area contributed by atoms with Gasteiger partial charge in [0.2, 0.25) is 0 Å². The number of benzene rings is 1. The summed E-state index contributed by atoms with van der Waals surface area (Å²) in [5.41, 5.74) is 0.638. The molecule has 1 aromatic rings. The summed E-state index contributed by atoms with van der Waals surface area (Å²) in [6, 6.07) is 7.36. The average molecular weight is 237 g/mol. The fraction of sp³-hybridized carbons (Fsp3) is 0.571. The predicted molar refractivity (Wildman–Crippen MR) is 66.3 cm³/mol. The third kappa shape index (κ3) is 3.79. The van der Waals surface area contributed by atoms with E-state index in [1.165, 1.54) is 18.9 Å². The molecule has 0 saturated carbocycles. The van der Waals surface area contributed by atoms with Crippen LogP contribution in [0.15, 0.2) is 24.3 Å². The molecule has 94 valence electrons. The van der Waals surface area contributed by atoms with Crippen LogP contribution in [-0.4, -0.2) is 18.7 Å². The van der Waals surface area contributed by atoms with Crippen molar-refractivity contribution < 1.29 is 9.13 Å². The standard InChI is InChI=1S/C14H20FNO/c1-11(9-13-6-4-8-16-13)17-10-12-5-2-3-7-14(12)15/h2-3,5,7,11,13,16H,4,6,8-10H2,1H3/t11?,13-/m0/s1. The van der Waals surface area contributed by atoms with Crippen molar-refractivity contribution in [1.82, 2.24) is 5.32 Å². The summed E-state index contributed by atoms with van der Waals surface area (Å²) < 4.78 is 19.0. The highest BCUT2D eigenvalue weighted by atomic mass is 19.1. The fourth-order valence-corrected chi connectivity index (χ4v) is 2.27. The maximum atomic E-state index is 13.4. The van der Waals surface area contributed by atoms with Crippen LogP contribution in [0.25, 0.3) is 0 Å². The summed E-state index contributed by atoms with van der Waals surface area (Å²) in [6.45, 7) is 3.53. The molecule has 0 bridgehead atoms. The highest BCUT2D eigenvalue weighted by molar-refractivity contribution is 5.16. The van der Waals surface area contributed by atoms with Gasteiger partial charge in [0.15, 0.2) is 0 Å². The van der Waals surface area contributed by atoms with Gasteiger partial charge in [-0.25, -0.2) is 4.39 Å². The van der Waals surface area contributed by atoms with Crippen molar-refractivity contribution in [2.75, 3.05) is 6.54 Å². The van der Waals surface area contributed by atoms with E-state index in [0.29, 0.717) is 18.2 Å². The van der Waals surface area contributed by atoms with Crippen molar-refractivity contribution in [1.29, 1.82) is 0 Å². The molecule has 0 aromatic heterocycles. The van der Waals surface area contributed by atoms with Gasteiger partial charge >= 0.3 is 0 Å².